The molecule has 0 aliphatic carbocycles. The Kier molecular flexibility index (Phi) is 2.29. The third-order valence-electron chi connectivity index (χ3n) is 2.81. The molecule has 0 atom stereocenters. The summed E-state index contributed by atoms with van der Waals surface area (Å²) in [7, 11) is 0. The van der Waals surface area contributed by atoms with Gasteiger partial charge < -0.3 is 0 Å². The van der Waals surface area contributed by atoms with Crippen LogP contribution in [-0.4, -0.2) is 11.3 Å². The second kappa shape index (κ2) is 3.37. The summed E-state index contributed by atoms with van der Waals surface area (Å²) in [6.07, 6.45) is 1.04. The summed E-state index contributed by atoms with van der Waals surface area (Å²) in [4.78, 5) is 0. The van der Waals surface area contributed by atoms with Crippen molar-refractivity contribution in [1.82, 2.24) is 0 Å². The minimum absolute atomic E-state index is 0.110. The predicted molar refractivity (Wildman–Crippen MR) is 65.5 cm³/mol. The van der Waals surface area contributed by atoms with Gasteiger partial charge in [-0.3, -0.25) is 5.01 Å². The van der Waals surface area contributed by atoms with Crippen LogP contribution >= 0.6 is 0 Å². The van der Waals surface area contributed by atoms with Gasteiger partial charge in [0.25, 0.3) is 0 Å². The van der Waals surface area contributed by atoms with Gasteiger partial charge in [-0.1, -0.05) is 17.7 Å². The molecule has 1 aromatic carbocycles. The molecule has 2 rings (SSSR count). The number of aryl methyl sites for hydroxylation is 1. The Morgan fingerprint density at radius 2 is 1.73 bits per heavy atom. The topological polar surface area (TPSA) is 15.6 Å². The molecule has 1 heterocycles. The largest absolute Gasteiger partial charge is 0.260 e. The lowest BCUT2D eigenvalue weighted by molar-refractivity contribution is 0.516. The molecule has 0 unspecified atom stereocenters. The number of nitrogens with zero attached hydrogens (tertiary/aromatic N) is 2. The van der Waals surface area contributed by atoms with Crippen LogP contribution in [-0.2, 0) is 0 Å². The molecule has 15 heavy (non-hydrogen) atoms. The van der Waals surface area contributed by atoms with Crippen molar-refractivity contribution in [2.24, 2.45) is 5.10 Å². The number of hydrogen-bond donors (Lipinski definition) is 0. The van der Waals surface area contributed by atoms with Crippen LogP contribution in [0.1, 0.15) is 32.8 Å². The van der Waals surface area contributed by atoms with E-state index in [1.165, 1.54) is 17.0 Å². The number of hydrogen-bond acceptors (Lipinski definition) is 2. The summed E-state index contributed by atoms with van der Waals surface area (Å²) in [6.45, 7) is 8.66. The van der Waals surface area contributed by atoms with Crippen LogP contribution in [0.15, 0.2) is 29.4 Å². The first-order chi connectivity index (χ1) is 6.99. The van der Waals surface area contributed by atoms with E-state index in [-0.39, 0.29) is 5.54 Å². The maximum absolute atomic E-state index is 4.59. The van der Waals surface area contributed by atoms with Crippen molar-refractivity contribution in [3.8, 4) is 0 Å². The van der Waals surface area contributed by atoms with Crippen LogP contribution in [0.2, 0.25) is 0 Å². The van der Waals surface area contributed by atoms with Crippen LogP contribution in [0.25, 0.3) is 0 Å². The maximum atomic E-state index is 4.59. The normalized spacial score (nSPS) is 19.2. The molecule has 1 aromatic rings. The Morgan fingerprint density at radius 1 is 1.13 bits per heavy atom. The minimum Gasteiger partial charge on any atom is -0.260 e. The van der Waals surface area contributed by atoms with Gasteiger partial charge in [0.05, 0.1) is 11.2 Å². The first-order valence-corrected chi connectivity index (χ1v) is 5.40. The number of hydrazone groups is 1. The quantitative estimate of drug-likeness (QED) is 0.681. The number of rotatable bonds is 1. The zero-order valence-corrected chi connectivity index (χ0v) is 9.91. The Labute approximate surface area is 91.6 Å². The summed E-state index contributed by atoms with van der Waals surface area (Å²) < 4.78 is 0. The number of benzene rings is 1. The van der Waals surface area contributed by atoms with E-state index in [4.69, 9.17) is 0 Å². The van der Waals surface area contributed by atoms with Gasteiger partial charge in [0.2, 0.25) is 0 Å². The fourth-order valence-corrected chi connectivity index (χ4v) is 2.14. The van der Waals surface area contributed by atoms with E-state index in [2.05, 4.69) is 62.1 Å². The Bertz CT molecular complexity index is 388. The highest BCUT2D eigenvalue weighted by Crippen LogP contribution is 2.32. The zero-order chi connectivity index (χ0) is 11.1. The summed E-state index contributed by atoms with van der Waals surface area (Å²) in [5.74, 6) is 0. The highest BCUT2D eigenvalue weighted by molar-refractivity contribution is 5.87. The molecule has 0 amide bonds. The van der Waals surface area contributed by atoms with Gasteiger partial charge in [0.1, 0.15) is 0 Å². The lowest BCUT2D eigenvalue weighted by atomic mass is 9.98. The van der Waals surface area contributed by atoms with Crippen molar-refractivity contribution in [3.63, 3.8) is 0 Å². The van der Waals surface area contributed by atoms with Gasteiger partial charge >= 0.3 is 0 Å². The molecule has 0 fully saturated rings. The molecule has 0 saturated carbocycles. The van der Waals surface area contributed by atoms with Crippen LogP contribution in [0.5, 0.6) is 0 Å². The lowest BCUT2D eigenvalue weighted by Crippen LogP contribution is -2.36. The third kappa shape index (κ3) is 1.89. The van der Waals surface area contributed by atoms with Crippen molar-refractivity contribution in [1.29, 1.82) is 0 Å². The van der Waals surface area contributed by atoms with E-state index in [0.717, 1.165) is 6.42 Å². The fraction of sp³-hybridized carbons (Fsp3) is 0.462. The van der Waals surface area contributed by atoms with Crippen LogP contribution in [0, 0.1) is 6.92 Å². The van der Waals surface area contributed by atoms with E-state index in [0.29, 0.717) is 0 Å². The molecule has 0 bridgehead atoms. The number of anilines is 1. The molecule has 0 saturated heterocycles. The molecule has 0 N–H and O–H groups in total. The fourth-order valence-electron chi connectivity index (χ4n) is 2.14. The van der Waals surface area contributed by atoms with Crippen LogP contribution in [0.3, 0.4) is 0 Å². The summed E-state index contributed by atoms with van der Waals surface area (Å²) in [5, 5.41) is 6.72. The molecule has 2 heteroatoms. The zero-order valence-electron chi connectivity index (χ0n) is 9.91. The molecule has 1 aliphatic heterocycles. The Morgan fingerprint density at radius 3 is 2.20 bits per heavy atom. The van der Waals surface area contributed by atoms with Crippen LogP contribution in [0.4, 0.5) is 5.69 Å². The predicted octanol–water partition coefficient (Wildman–Crippen LogP) is 3.36. The van der Waals surface area contributed by atoms with Gasteiger partial charge in [0, 0.05) is 12.1 Å². The molecule has 0 aromatic heterocycles. The van der Waals surface area contributed by atoms with Crippen molar-refractivity contribution in [3.05, 3.63) is 29.8 Å². The van der Waals surface area contributed by atoms with E-state index in [1.807, 2.05) is 0 Å². The smallest absolute Gasteiger partial charge is 0.0631 e. The lowest BCUT2D eigenvalue weighted by Gasteiger charge is -2.30. The maximum Gasteiger partial charge on any atom is 0.0631 e. The average Bonchev–Trinajstić information content (AvgIpc) is 2.41. The van der Waals surface area contributed by atoms with Crippen molar-refractivity contribution >= 4 is 11.4 Å². The van der Waals surface area contributed by atoms with E-state index in [9.17, 15) is 0 Å². The van der Waals surface area contributed by atoms with E-state index >= 15 is 0 Å². The standard InChI is InChI=1S/C13H18N2/c1-10-5-7-12(8-6-10)15-13(3,4)9-11(2)14-15/h5-8H,9H2,1-4H3. The first kappa shape index (κ1) is 10.2. The van der Waals surface area contributed by atoms with Gasteiger partial charge in [-0.15, -0.1) is 0 Å². The third-order valence-corrected chi connectivity index (χ3v) is 2.81. The average molecular weight is 202 g/mol. The molecule has 0 spiro atoms. The van der Waals surface area contributed by atoms with Gasteiger partial charge in [-0.25, -0.2) is 0 Å². The minimum atomic E-state index is 0.110. The second-order valence-electron chi connectivity index (χ2n) is 4.97. The Balaban J connectivity index is 2.35. The van der Waals surface area contributed by atoms with Gasteiger partial charge in [0.15, 0.2) is 0 Å². The van der Waals surface area contributed by atoms with E-state index < -0.39 is 0 Å². The van der Waals surface area contributed by atoms with Crippen molar-refractivity contribution in [2.45, 2.75) is 39.7 Å². The summed E-state index contributed by atoms with van der Waals surface area (Å²) in [5.41, 5.74) is 3.79. The molecule has 0 radical (unpaired) electrons. The van der Waals surface area contributed by atoms with Crippen molar-refractivity contribution < 1.29 is 0 Å². The highest BCUT2D eigenvalue weighted by Gasteiger charge is 2.32. The van der Waals surface area contributed by atoms with Crippen molar-refractivity contribution in [2.75, 3.05) is 5.01 Å². The monoisotopic (exact) mass is 202 g/mol. The summed E-state index contributed by atoms with van der Waals surface area (Å²) in [6, 6.07) is 8.54. The van der Waals surface area contributed by atoms with Crippen LogP contribution < -0.4 is 5.01 Å². The highest BCUT2D eigenvalue weighted by atomic mass is 15.5. The van der Waals surface area contributed by atoms with E-state index in [1.54, 1.807) is 0 Å². The molecule has 2 nitrogen and oxygen atoms in total. The second-order valence-corrected chi connectivity index (χ2v) is 4.97. The SMILES string of the molecule is CC1=NN(c2ccc(C)cc2)C(C)(C)C1. The molecule has 80 valence electrons. The molecular formula is C13H18N2. The first-order valence-electron chi connectivity index (χ1n) is 5.40. The molecular weight excluding hydrogens is 184 g/mol. The molecule has 1 aliphatic rings. The van der Waals surface area contributed by atoms with Gasteiger partial charge in [-0.2, -0.15) is 5.10 Å². The summed E-state index contributed by atoms with van der Waals surface area (Å²) >= 11 is 0. The van der Waals surface area contributed by atoms with Gasteiger partial charge in [-0.05, 0) is 39.8 Å². The Hall–Kier alpha value is -1.31.